The van der Waals surface area contributed by atoms with Gasteiger partial charge in [0.15, 0.2) is 11.5 Å². The van der Waals surface area contributed by atoms with Gasteiger partial charge in [-0.3, -0.25) is 4.72 Å². The summed E-state index contributed by atoms with van der Waals surface area (Å²) in [6.07, 6.45) is 5.19. The summed E-state index contributed by atoms with van der Waals surface area (Å²) in [7, 11) is -0.796. The molecule has 2 N–H and O–H groups in total. The minimum Gasteiger partial charge on any atom is -0.493 e. The summed E-state index contributed by atoms with van der Waals surface area (Å²) in [5.74, 6) is 1.28. The van der Waals surface area contributed by atoms with Crippen LogP contribution in [0.3, 0.4) is 0 Å². The van der Waals surface area contributed by atoms with Crippen molar-refractivity contribution in [3.8, 4) is 11.5 Å². The molecule has 6 nitrogen and oxygen atoms in total. The van der Waals surface area contributed by atoms with Crippen LogP contribution in [0, 0.1) is 5.92 Å². The Morgan fingerprint density at radius 1 is 0.943 bits per heavy atom. The molecule has 3 atom stereocenters. The first-order valence-electron chi connectivity index (χ1n) is 11.1. The standard InChI is InChI=1S/C26H24Cl2N2O4S/c1-33-24-11-7-16(13-25(24)34-2)30-35(31,32)17-8-10-23-20(14-17)18-4-3-5-19(18)26(29-23)15-6-9-21(27)22(28)12-15/h3-4,6-14,18-19,26,29-30H,5H2,1-2H3/t18-,19+,26+/m0/s1. The lowest BCUT2D eigenvalue weighted by atomic mass is 9.77. The third-order valence-electron chi connectivity index (χ3n) is 6.58. The predicted molar refractivity (Wildman–Crippen MR) is 140 cm³/mol. The normalized spacial score (nSPS) is 20.5. The van der Waals surface area contributed by atoms with Crippen LogP contribution in [0.25, 0.3) is 0 Å². The molecule has 0 radical (unpaired) electrons. The van der Waals surface area contributed by atoms with Crippen molar-refractivity contribution in [2.75, 3.05) is 24.3 Å². The highest BCUT2D eigenvalue weighted by atomic mass is 35.5. The minimum absolute atomic E-state index is 0.0320. The highest BCUT2D eigenvalue weighted by Crippen LogP contribution is 2.50. The van der Waals surface area contributed by atoms with Crippen molar-refractivity contribution < 1.29 is 17.9 Å². The van der Waals surface area contributed by atoms with E-state index in [4.69, 9.17) is 32.7 Å². The van der Waals surface area contributed by atoms with E-state index in [1.54, 1.807) is 30.3 Å². The Kier molecular flexibility index (Phi) is 6.34. The second-order valence-electron chi connectivity index (χ2n) is 8.57. The van der Waals surface area contributed by atoms with Crippen molar-refractivity contribution >= 4 is 44.6 Å². The molecule has 0 amide bonds. The Morgan fingerprint density at radius 2 is 1.74 bits per heavy atom. The van der Waals surface area contributed by atoms with Gasteiger partial charge >= 0.3 is 0 Å². The molecule has 0 spiro atoms. The molecule has 0 bridgehead atoms. The number of fused-ring (bicyclic) bond motifs is 3. The molecule has 0 saturated carbocycles. The van der Waals surface area contributed by atoms with Crippen LogP contribution in [-0.4, -0.2) is 22.6 Å². The van der Waals surface area contributed by atoms with E-state index in [1.807, 2.05) is 24.3 Å². The fourth-order valence-corrected chi connectivity index (χ4v) is 6.28. The quantitative estimate of drug-likeness (QED) is 0.349. The van der Waals surface area contributed by atoms with Crippen molar-refractivity contribution in [1.82, 2.24) is 0 Å². The number of sulfonamides is 1. The average molecular weight is 531 g/mol. The van der Waals surface area contributed by atoms with E-state index < -0.39 is 10.0 Å². The molecule has 2 aliphatic rings. The Bertz CT molecular complexity index is 1420. The first kappa shape index (κ1) is 23.9. The molecular formula is C26H24Cl2N2O4S. The summed E-state index contributed by atoms with van der Waals surface area (Å²) >= 11 is 12.4. The van der Waals surface area contributed by atoms with Crippen molar-refractivity contribution in [1.29, 1.82) is 0 Å². The minimum atomic E-state index is -3.83. The zero-order chi connectivity index (χ0) is 24.7. The van der Waals surface area contributed by atoms with Crippen molar-refractivity contribution in [2.45, 2.75) is 23.3 Å². The Morgan fingerprint density at radius 3 is 2.49 bits per heavy atom. The van der Waals surface area contributed by atoms with Gasteiger partial charge in [0.1, 0.15) is 0 Å². The summed E-state index contributed by atoms with van der Waals surface area (Å²) in [4.78, 5) is 0.194. The van der Waals surface area contributed by atoms with Crippen molar-refractivity contribution in [2.24, 2.45) is 5.92 Å². The topological polar surface area (TPSA) is 76.7 Å². The molecule has 0 fully saturated rings. The molecule has 0 saturated heterocycles. The zero-order valence-electron chi connectivity index (χ0n) is 19.1. The summed E-state index contributed by atoms with van der Waals surface area (Å²) < 4.78 is 39.6. The lowest BCUT2D eigenvalue weighted by molar-refractivity contribution is 0.355. The molecule has 3 aromatic carbocycles. The fraction of sp³-hybridized carbons (Fsp3) is 0.231. The molecule has 0 aromatic heterocycles. The van der Waals surface area contributed by atoms with Gasteiger partial charge in [0.25, 0.3) is 10.0 Å². The molecule has 0 unspecified atom stereocenters. The number of methoxy groups -OCH3 is 2. The van der Waals surface area contributed by atoms with Crippen LogP contribution in [0.1, 0.15) is 29.5 Å². The predicted octanol–water partition coefficient (Wildman–Crippen LogP) is 6.64. The number of allylic oxidation sites excluding steroid dienone is 2. The zero-order valence-corrected chi connectivity index (χ0v) is 21.4. The van der Waals surface area contributed by atoms with Crippen LogP contribution in [0.5, 0.6) is 11.5 Å². The molecule has 1 aliphatic carbocycles. The Balaban J connectivity index is 1.46. The van der Waals surface area contributed by atoms with Gasteiger partial charge in [-0.1, -0.05) is 41.4 Å². The van der Waals surface area contributed by atoms with Crippen LogP contribution in [-0.2, 0) is 10.0 Å². The van der Waals surface area contributed by atoms with E-state index in [2.05, 4.69) is 22.2 Å². The monoisotopic (exact) mass is 530 g/mol. The van der Waals surface area contributed by atoms with E-state index in [0.717, 1.165) is 23.2 Å². The maximum atomic E-state index is 13.2. The molecule has 1 heterocycles. The third kappa shape index (κ3) is 4.44. The number of nitrogens with one attached hydrogen (secondary N) is 2. The van der Waals surface area contributed by atoms with Gasteiger partial charge in [-0.05, 0) is 65.9 Å². The van der Waals surface area contributed by atoms with E-state index in [9.17, 15) is 8.42 Å². The number of ether oxygens (including phenoxy) is 2. The number of hydrogen-bond acceptors (Lipinski definition) is 5. The van der Waals surface area contributed by atoms with E-state index in [1.165, 1.54) is 14.2 Å². The molecule has 9 heteroatoms. The smallest absolute Gasteiger partial charge is 0.261 e. The first-order chi connectivity index (χ1) is 16.8. The van der Waals surface area contributed by atoms with Gasteiger partial charge in [-0.25, -0.2) is 8.42 Å². The van der Waals surface area contributed by atoms with E-state index in [0.29, 0.717) is 27.2 Å². The van der Waals surface area contributed by atoms with Crippen molar-refractivity contribution in [3.05, 3.63) is 87.9 Å². The fourth-order valence-electron chi connectivity index (χ4n) is 4.89. The first-order valence-corrected chi connectivity index (χ1v) is 13.3. The van der Waals surface area contributed by atoms with Crippen LogP contribution in [0.2, 0.25) is 10.0 Å². The number of rotatable bonds is 6. The average Bonchev–Trinajstić information content (AvgIpc) is 3.35. The number of halogens is 2. The molecule has 5 rings (SSSR count). The van der Waals surface area contributed by atoms with Crippen molar-refractivity contribution in [3.63, 3.8) is 0 Å². The van der Waals surface area contributed by atoms with Crippen LogP contribution in [0.4, 0.5) is 11.4 Å². The summed E-state index contributed by atoms with van der Waals surface area (Å²) in [5, 5.41) is 4.63. The van der Waals surface area contributed by atoms with Gasteiger partial charge in [-0.2, -0.15) is 0 Å². The molecule has 1 aliphatic heterocycles. The molecule has 182 valence electrons. The second-order valence-corrected chi connectivity index (χ2v) is 11.1. The highest BCUT2D eigenvalue weighted by molar-refractivity contribution is 7.92. The van der Waals surface area contributed by atoms with E-state index >= 15 is 0 Å². The van der Waals surface area contributed by atoms with Gasteiger partial charge < -0.3 is 14.8 Å². The van der Waals surface area contributed by atoms with Gasteiger partial charge in [-0.15, -0.1) is 0 Å². The Labute approximate surface area is 214 Å². The van der Waals surface area contributed by atoms with Gasteiger partial charge in [0.05, 0.1) is 40.9 Å². The molecule has 35 heavy (non-hydrogen) atoms. The highest BCUT2D eigenvalue weighted by Gasteiger charge is 2.38. The molecular weight excluding hydrogens is 507 g/mol. The summed E-state index contributed by atoms with van der Waals surface area (Å²) in [5.41, 5.74) is 3.29. The third-order valence-corrected chi connectivity index (χ3v) is 8.70. The largest absolute Gasteiger partial charge is 0.493 e. The van der Waals surface area contributed by atoms with Gasteiger partial charge in [0, 0.05) is 17.7 Å². The Hall–Kier alpha value is -2.87. The lowest BCUT2D eigenvalue weighted by Gasteiger charge is -2.37. The van der Waals surface area contributed by atoms with E-state index in [-0.39, 0.29) is 22.8 Å². The van der Waals surface area contributed by atoms with Gasteiger partial charge in [0.2, 0.25) is 0 Å². The summed E-state index contributed by atoms with van der Waals surface area (Å²) in [6.45, 7) is 0. The number of benzene rings is 3. The molecule has 3 aromatic rings. The van der Waals surface area contributed by atoms with Crippen LogP contribution in [0.15, 0.2) is 71.6 Å². The SMILES string of the molecule is COc1ccc(NS(=O)(=O)c2ccc3c(c2)[C@H]2C=CC[C@H]2[C@@H](c2ccc(Cl)c(Cl)c2)N3)cc1OC. The summed E-state index contributed by atoms with van der Waals surface area (Å²) in [6, 6.07) is 15.8. The number of hydrogen-bond donors (Lipinski definition) is 2. The lowest BCUT2D eigenvalue weighted by Crippen LogP contribution is -2.29. The van der Waals surface area contributed by atoms with Crippen LogP contribution >= 0.6 is 23.2 Å². The number of anilines is 2. The maximum Gasteiger partial charge on any atom is 0.261 e. The second kappa shape index (κ2) is 9.30. The maximum absolute atomic E-state index is 13.2. The van der Waals surface area contributed by atoms with Crippen LogP contribution < -0.4 is 19.5 Å².